The van der Waals surface area contributed by atoms with Crippen LogP contribution >= 0.6 is 11.3 Å². The van der Waals surface area contributed by atoms with E-state index in [1.807, 2.05) is 0 Å². The van der Waals surface area contributed by atoms with Gasteiger partial charge in [0.2, 0.25) is 0 Å². The molecular formula is C17H11F3N2O2S. The molecule has 25 heavy (non-hydrogen) atoms. The molecular weight excluding hydrogens is 353 g/mol. The summed E-state index contributed by atoms with van der Waals surface area (Å²) < 4.78 is 37.9. The van der Waals surface area contributed by atoms with Crippen LogP contribution < -0.4 is 5.32 Å². The van der Waals surface area contributed by atoms with E-state index in [4.69, 9.17) is 5.11 Å². The van der Waals surface area contributed by atoms with Gasteiger partial charge in [0.15, 0.2) is 0 Å². The average molecular weight is 364 g/mol. The minimum absolute atomic E-state index is 0.100. The Kier molecular flexibility index (Phi) is 4.45. The number of thiazole rings is 1. The second kappa shape index (κ2) is 6.56. The van der Waals surface area contributed by atoms with Crippen molar-refractivity contribution in [1.29, 1.82) is 0 Å². The Morgan fingerprint density at radius 2 is 1.84 bits per heavy atom. The van der Waals surface area contributed by atoms with Gasteiger partial charge in [0.1, 0.15) is 5.01 Å². The zero-order valence-electron chi connectivity index (χ0n) is 12.5. The molecule has 2 aromatic carbocycles. The van der Waals surface area contributed by atoms with Gasteiger partial charge in [0.05, 0.1) is 11.1 Å². The Labute approximate surface area is 144 Å². The maximum Gasteiger partial charge on any atom is 0.416 e. The van der Waals surface area contributed by atoms with Crippen LogP contribution in [-0.4, -0.2) is 16.1 Å². The van der Waals surface area contributed by atoms with Crippen molar-refractivity contribution in [3.05, 3.63) is 65.2 Å². The maximum atomic E-state index is 12.6. The molecule has 3 aromatic rings. The molecule has 0 aliphatic rings. The molecule has 0 saturated heterocycles. The minimum atomic E-state index is -4.40. The highest BCUT2D eigenvalue weighted by Gasteiger charge is 2.29. The van der Waals surface area contributed by atoms with Crippen LogP contribution in [0.4, 0.5) is 24.5 Å². The summed E-state index contributed by atoms with van der Waals surface area (Å²) in [6.07, 6.45) is -2.80. The second-order valence-corrected chi connectivity index (χ2v) is 6.00. The van der Waals surface area contributed by atoms with Gasteiger partial charge in [-0.1, -0.05) is 0 Å². The first-order valence-corrected chi connectivity index (χ1v) is 7.94. The van der Waals surface area contributed by atoms with E-state index in [9.17, 15) is 18.0 Å². The number of nitrogens with zero attached hydrogens (tertiary/aromatic N) is 1. The third kappa shape index (κ3) is 3.80. The number of carbonyl (C=O) groups is 1. The van der Waals surface area contributed by atoms with Gasteiger partial charge in [-0.3, -0.25) is 0 Å². The molecule has 0 fully saturated rings. The van der Waals surface area contributed by atoms with E-state index in [1.54, 1.807) is 17.6 Å². The van der Waals surface area contributed by atoms with Gasteiger partial charge in [0, 0.05) is 28.5 Å². The zero-order chi connectivity index (χ0) is 18.0. The van der Waals surface area contributed by atoms with E-state index in [0.717, 1.165) is 12.1 Å². The molecule has 128 valence electrons. The fourth-order valence-corrected chi connectivity index (χ4v) is 2.89. The van der Waals surface area contributed by atoms with Crippen molar-refractivity contribution < 1.29 is 23.1 Å². The molecule has 4 nitrogen and oxygen atoms in total. The van der Waals surface area contributed by atoms with Crippen molar-refractivity contribution in [2.24, 2.45) is 0 Å². The highest BCUT2D eigenvalue weighted by Crippen LogP contribution is 2.34. The summed E-state index contributed by atoms with van der Waals surface area (Å²) in [5.74, 6) is -1.07. The molecule has 1 aromatic heterocycles. The number of nitrogens with one attached hydrogen (secondary N) is 1. The summed E-state index contributed by atoms with van der Waals surface area (Å²) in [6, 6.07) is 9.07. The molecule has 2 N–H and O–H groups in total. The predicted octanol–water partition coefficient (Wildman–Crippen LogP) is 5.27. The lowest BCUT2D eigenvalue weighted by atomic mass is 10.1. The number of rotatable bonds is 4. The molecule has 8 heteroatoms. The van der Waals surface area contributed by atoms with Crippen LogP contribution in [0.25, 0.3) is 10.6 Å². The SMILES string of the molecule is O=C(O)c1ccc(Nc2ccc(C(F)(F)F)cc2)c(-c2nccs2)c1. The Hall–Kier alpha value is -2.87. The summed E-state index contributed by atoms with van der Waals surface area (Å²) in [5, 5.41) is 14.5. The third-order valence-corrected chi connectivity index (χ3v) is 4.23. The van der Waals surface area contributed by atoms with E-state index in [2.05, 4.69) is 10.3 Å². The summed E-state index contributed by atoms with van der Waals surface area (Å²) in [6.45, 7) is 0. The Morgan fingerprint density at radius 1 is 1.12 bits per heavy atom. The number of hydrogen-bond donors (Lipinski definition) is 2. The number of benzene rings is 2. The van der Waals surface area contributed by atoms with Gasteiger partial charge in [-0.05, 0) is 42.5 Å². The second-order valence-electron chi connectivity index (χ2n) is 5.10. The van der Waals surface area contributed by atoms with Gasteiger partial charge in [-0.15, -0.1) is 11.3 Å². The lowest BCUT2D eigenvalue weighted by Gasteiger charge is -2.13. The first kappa shape index (κ1) is 17.0. The monoisotopic (exact) mass is 364 g/mol. The van der Waals surface area contributed by atoms with Crippen LogP contribution in [0.1, 0.15) is 15.9 Å². The number of hydrogen-bond acceptors (Lipinski definition) is 4. The number of halogens is 3. The molecule has 0 radical (unpaired) electrons. The minimum Gasteiger partial charge on any atom is -0.478 e. The molecule has 1 heterocycles. The Bertz CT molecular complexity index is 891. The summed E-state index contributed by atoms with van der Waals surface area (Å²) in [7, 11) is 0. The summed E-state index contributed by atoms with van der Waals surface area (Å²) in [4.78, 5) is 15.4. The molecule has 0 saturated carbocycles. The van der Waals surface area contributed by atoms with Crippen LogP contribution in [0, 0.1) is 0 Å². The number of aromatic carboxylic acids is 1. The van der Waals surface area contributed by atoms with Crippen LogP contribution in [0.15, 0.2) is 54.0 Å². The topological polar surface area (TPSA) is 62.2 Å². The molecule has 0 aliphatic heterocycles. The van der Waals surface area contributed by atoms with Gasteiger partial charge in [0.25, 0.3) is 0 Å². The molecule has 0 unspecified atom stereocenters. The fourth-order valence-electron chi connectivity index (χ4n) is 2.22. The normalized spacial score (nSPS) is 11.3. The van der Waals surface area contributed by atoms with E-state index >= 15 is 0 Å². The predicted molar refractivity (Wildman–Crippen MR) is 89.2 cm³/mol. The summed E-state index contributed by atoms with van der Waals surface area (Å²) >= 11 is 1.33. The molecule has 0 spiro atoms. The van der Waals surface area contributed by atoms with E-state index in [1.165, 1.54) is 35.6 Å². The van der Waals surface area contributed by atoms with E-state index in [0.29, 0.717) is 21.9 Å². The van der Waals surface area contributed by atoms with Crippen LogP contribution in [0.2, 0.25) is 0 Å². The number of alkyl halides is 3. The first-order chi connectivity index (χ1) is 11.8. The lowest BCUT2D eigenvalue weighted by Crippen LogP contribution is -2.04. The number of anilines is 2. The molecule has 0 atom stereocenters. The summed E-state index contributed by atoms with van der Waals surface area (Å²) in [5.41, 5.74) is 0.936. The van der Waals surface area contributed by atoms with Crippen molar-refractivity contribution in [2.45, 2.75) is 6.18 Å². The van der Waals surface area contributed by atoms with Gasteiger partial charge >= 0.3 is 12.1 Å². The van der Waals surface area contributed by atoms with Gasteiger partial charge < -0.3 is 10.4 Å². The Morgan fingerprint density at radius 3 is 2.40 bits per heavy atom. The van der Waals surface area contributed by atoms with E-state index in [-0.39, 0.29) is 5.56 Å². The Balaban J connectivity index is 1.96. The number of aromatic nitrogens is 1. The molecule has 0 aliphatic carbocycles. The smallest absolute Gasteiger partial charge is 0.416 e. The average Bonchev–Trinajstić information content (AvgIpc) is 3.09. The first-order valence-electron chi connectivity index (χ1n) is 7.06. The maximum absolute atomic E-state index is 12.6. The van der Waals surface area contributed by atoms with Crippen LogP contribution in [-0.2, 0) is 6.18 Å². The van der Waals surface area contributed by atoms with Crippen molar-refractivity contribution in [2.75, 3.05) is 5.32 Å². The quantitative estimate of drug-likeness (QED) is 0.662. The molecule has 0 bridgehead atoms. The zero-order valence-corrected chi connectivity index (χ0v) is 13.4. The number of carboxylic acids is 1. The van der Waals surface area contributed by atoms with Crippen molar-refractivity contribution >= 4 is 28.7 Å². The molecule has 3 rings (SSSR count). The number of carboxylic acid groups (broad SMARTS) is 1. The standard InChI is InChI=1S/C17H11F3N2O2S/c18-17(19,20)11-2-4-12(5-3-11)22-14-6-1-10(16(23)24)9-13(14)15-21-7-8-25-15/h1-9,22H,(H,23,24). The van der Waals surface area contributed by atoms with Crippen molar-refractivity contribution in [3.63, 3.8) is 0 Å². The highest BCUT2D eigenvalue weighted by atomic mass is 32.1. The van der Waals surface area contributed by atoms with E-state index < -0.39 is 17.7 Å². The van der Waals surface area contributed by atoms with Gasteiger partial charge in [-0.25, -0.2) is 9.78 Å². The largest absolute Gasteiger partial charge is 0.478 e. The van der Waals surface area contributed by atoms with Crippen LogP contribution in [0.3, 0.4) is 0 Å². The lowest BCUT2D eigenvalue weighted by molar-refractivity contribution is -0.137. The van der Waals surface area contributed by atoms with Crippen molar-refractivity contribution in [1.82, 2.24) is 4.98 Å². The molecule has 0 amide bonds. The third-order valence-electron chi connectivity index (χ3n) is 3.42. The highest BCUT2D eigenvalue weighted by molar-refractivity contribution is 7.13. The van der Waals surface area contributed by atoms with Gasteiger partial charge in [-0.2, -0.15) is 13.2 Å². The van der Waals surface area contributed by atoms with Crippen LogP contribution in [0.5, 0.6) is 0 Å². The van der Waals surface area contributed by atoms with Crippen molar-refractivity contribution in [3.8, 4) is 10.6 Å². The fraction of sp³-hybridized carbons (Fsp3) is 0.0588.